The molecule has 2 heterocycles. The number of carbonyl (C=O) groups is 1. The molecule has 1 aromatic heterocycles. The summed E-state index contributed by atoms with van der Waals surface area (Å²) < 4.78 is 18.8. The number of carbonyl (C=O) groups excluding carboxylic acids is 1. The number of hydrogen-bond donors (Lipinski definition) is 1. The minimum Gasteiger partial charge on any atom is -0.378 e. The number of ketones is 1. The molecular formula is C14H14FN3O3. The summed E-state index contributed by atoms with van der Waals surface area (Å²) in [5, 5.41) is 0.0807. The van der Waals surface area contributed by atoms with Crippen molar-refractivity contribution >= 4 is 22.6 Å². The number of hydrogen-bond acceptors (Lipinski definition) is 5. The summed E-state index contributed by atoms with van der Waals surface area (Å²) in [6.45, 7) is 3.62. The second kappa shape index (κ2) is 5.25. The van der Waals surface area contributed by atoms with E-state index in [4.69, 9.17) is 4.74 Å². The molecule has 0 spiro atoms. The van der Waals surface area contributed by atoms with Gasteiger partial charge in [-0.05, 0) is 19.1 Å². The van der Waals surface area contributed by atoms with Crippen LogP contribution in [-0.4, -0.2) is 42.1 Å². The number of Topliss-reactive ketones (excluding diaryl/α,β-unsaturated/α-hetero) is 1. The van der Waals surface area contributed by atoms with E-state index >= 15 is 0 Å². The van der Waals surface area contributed by atoms with E-state index in [1.54, 1.807) is 0 Å². The van der Waals surface area contributed by atoms with Crippen LogP contribution in [0.15, 0.2) is 16.9 Å². The molecule has 1 N–H and O–H groups in total. The maximum Gasteiger partial charge on any atom is 0.260 e. The predicted octanol–water partition coefficient (Wildman–Crippen LogP) is 1.10. The number of ether oxygens (including phenoxy) is 1. The SMILES string of the molecule is CC(=O)c1cc(F)cc2c(=O)[nH]c(N3CCOCC3)nc12. The van der Waals surface area contributed by atoms with Gasteiger partial charge in [-0.3, -0.25) is 14.6 Å². The molecular weight excluding hydrogens is 277 g/mol. The van der Waals surface area contributed by atoms with Crippen molar-refractivity contribution in [1.29, 1.82) is 0 Å². The Morgan fingerprint density at radius 2 is 2.10 bits per heavy atom. The van der Waals surface area contributed by atoms with Crippen LogP contribution in [-0.2, 0) is 4.74 Å². The number of fused-ring (bicyclic) bond motifs is 1. The smallest absolute Gasteiger partial charge is 0.260 e. The van der Waals surface area contributed by atoms with Crippen LogP contribution in [0.25, 0.3) is 10.9 Å². The van der Waals surface area contributed by atoms with E-state index in [2.05, 4.69) is 9.97 Å². The molecule has 1 fully saturated rings. The lowest BCUT2D eigenvalue weighted by molar-refractivity contribution is 0.101. The molecule has 2 aromatic rings. The summed E-state index contributed by atoms with van der Waals surface area (Å²) in [6.07, 6.45) is 0. The molecule has 7 heteroatoms. The molecule has 6 nitrogen and oxygen atoms in total. The van der Waals surface area contributed by atoms with Gasteiger partial charge in [0.2, 0.25) is 5.95 Å². The van der Waals surface area contributed by atoms with Gasteiger partial charge in [-0.25, -0.2) is 9.37 Å². The number of nitrogens with zero attached hydrogens (tertiary/aromatic N) is 2. The van der Waals surface area contributed by atoms with Crippen molar-refractivity contribution in [1.82, 2.24) is 9.97 Å². The molecule has 1 aliphatic heterocycles. The molecule has 0 unspecified atom stereocenters. The van der Waals surface area contributed by atoms with Crippen molar-refractivity contribution in [3.05, 3.63) is 33.9 Å². The fourth-order valence-corrected chi connectivity index (χ4v) is 2.39. The number of anilines is 1. The molecule has 1 saturated heterocycles. The molecule has 110 valence electrons. The van der Waals surface area contributed by atoms with Gasteiger partial charge in [0.1, 0.15) is 5.82 Å². The first kappa shape index (κ1) is 13.7. The van der Waals surface area contributed by atoms with E-state index in [1.807, 2.05) is 4.90 Å². The fraction of sp³-hybridized carbons (Fsp3) is 0.357. The van der Waals surface area contributed by atoms with Gasteiger partial charge in [0.25, 0.3) is 5.56 Å². The van der Waals surface area contributed by atoms with Gasteiger partial charge in [-0.15, -0.1) is 0 Å². The van der Waals surface area contributed by atoms with E-state index in [0.717, 1.165) is 12.1 Å². The molecule has 0 saturated carbocycles. The Balaban J connectivity index is 2.22. The standard InChI is InChI=1S/C14H14FN3O3/c1-8(19)10-6-9(15)7-11-12(10)16-14(17-13(11)20)18-2-4-21-5-3-18/h6-7H,2-5H2,1H3,(H,16,17,20). The minimum absolute atomic E-state index is 0.0807. The number of aromatic nitrogens is 2. The number of aromatic amines is 1. The Morgan fingerprint density at radius 3 is 2.76 bits per heavy atom. The summed E-state index contributed by atoms with van der Waals surface area (Å²) in [6, 6.07) is 2.21. The highest BCUT2D eigenvalue weighted by Gasteiger charge is 2.18. The predicted molar refractivity (Wildman–Crippen MR) is 75.4 cm³/mol. The van der Waals surface area contributed by atoms with Crippen LogP contribution < -0.4 is 10.5 Å². The molecule has 3 rings (SSSR count). The molecule has 1 aromatic carbocycles. The Labute approximate surface area is 119 Å². The van der Waals surface area contributed by atoms with Crippen molar-refractivity contribution in [2.75, 3.05) is 31.2 Å². The largest absolute Gasteiger partial charge is 0.378 e. The van der Waals surface area contributed by atoms with Gasteiger partial charge >= 0.3 is 0 Å². The maximum atomic E-state index is 13.5. The molecule has 21 heavy (non-hydrogen) atoms. The lowest BCUT2D eigenvalue weighted by Crippen LogP contribution is -2.38. The van der Waals surface area contributed by atoms with Gasteiger partial charge in [-0.2, -0.15) is 0 Å². The zero-order valence-corrected chi connectivity index (χ0v) is 11.5. The van der Waals surface area contributed by atoms with Crippen LogP contribution in [0.3, 0.4) is 0 Å². The molecule has 1 aliphatic rings. The van der Waals surface area contributed by atoms with Crippen LogP contribution in [0, 0.1) is 5.82 Å². The highest BCUT2D eigenvalue weighted by Crippen LogP contribution is 2.19. The normalized spacial score (nSPS) is 15.4. The van der Waals surface area contributed by atoms with E-state index < -0.39 is 11.4 Å². The first-order valence-electron chi connectivity index (χ1n) is 6.63. The van der Waals surface area contributed by atoms with Crippen LogP contribution in [0.5, 0.6) is 0 Å². The number of benzene rings is 1. The molecule has 0 aliphatic carbocycles. The molecule has 0 bridgehead atoms. The lowest BCUT2D eigenvalue weighted by atomic mass is 10.1. The highest BCUT2D eigenvalue weighted by atomic mass is 19.1. The third-order valence-electron chi connectivity index (χ3n) is 3.45. The number of morpholine rings is 1. The Hall–Kier alpha value is -2.28. The third kappa shape index (κ3) is 2.52. The molecule has 0 amide bonds. The third-order valence-corrected chi connectivity index (χ3v) is 3.45. The van der Waals surface area contributed by atoms with Gasteiger partial charge in [0.05, 0.1) is 24.1 Å². The van der Waals surface area contributed by atoms with E-state index in [-0.39, 0.29) is 22.2 Å². The second-order valence-corrected chi connectivity index (χ2v) is 4.89. The molecule has 0 radical (unpaired) electrons. The van der Waals surface area contributed by atoms with Crippen molar-refractivity contribution < 1.29 is 13.9 Å². The number of rotatable bonds is 2. The molecule has 0 atom stereocenters. The summed E-state index contributed by atoms with van der Waals surface area (Å²) in [5.74, 6) is -0.574. The van der Waals surface area contributed by atoms with Crippen LogP contribution in [0.2, 0.25) is 0 Å². The van der Waals surface area contributed by atoms with Gasteiger partial charge in [0, 0.05) is 18.7 Å². The summed E-state index contributed by atoms with van der Waals surface area (Å²) in [7, 11) is 0. The first-order valence-corrected chi connectivity index (χ1v) is 6.63. The number of halogens is 1. The lowest BCUT2D eigenvalue weighted by Gasteiger charge is -2.27. The topological polar surface area (TPSA) is 75.3 Å². The monoisotopic (exact) mass is 291 g/mol. The van der Waals surface area contributed by atoms with Crippen LogP contribution >= 0.6 is 0 Å². The van der Waals surface area contributed by atoms with Crippen molar-refractivity contribution in [2.45, 2.75) is 6.92 Å². The number of H-pyrrole nitrogens is 1. The minimum atomic E-state index is -0.626. The van der Waals surface area contributed by atoms with Crippen molar-refractivity contribution in [3.8, 4) is 0 Å². The number of nitrogens with one attached hydrogen (secondary N) is 1. The quantitative estimate of drug-likeness (QED) is 0.839. The van der Waals surface area contributed by atoms with Gasteiger partial charge in [-0.1, -0.05) is 0 Å². The summed E-state index contributed by atoms with van der Waals surface area (Å²) >= 11 is 0. The zero-order valence-electron chi connectivity index (χ0n) is 11.5. The Kier molecular flexibility index (Phi) is 3.42. The average molecular weight is 291 g/mol. The second-order valence-electron chi connectivity index (χ2n) is 4.89. The average Bonchev–Trinajstić information content (AvgIpc) is 2.48. The summed E-state index contributed by atoms with van der Waals surface area (Å²) in [5.41, 5.74) is -0.108. The van der Waals surface area contributed by atoms with Crippen molar-refractivity contribution in [3.63, 3.8) is 0 Å². The van der Waals surface area contributed by atoms with Crippen molar-refractivity contribution in [2.24, 2.45) is 0 Å². The summed E-state index contributed by atoms with van der Waals surface area (Å²) in [4.78, 5) is 32.7. The highest BCUT2D eigenvalue weighted by molar-refractivity contribution is 6.05. The zero-order chi connectivity index (χ0) is 15.0. The first-order chi connectivity index (χ1) is 10.1. The van der Waals surface area contributed by atoms with E-state index in [0.29, 0.717) is 32.3 Å². The van der Waals surface area contributed by atoms with E-state index in [1.165, 1.54) is 6.92 Å². The van der Waals surface area contributed by atoms with Crippen LogP contribution in [0.1, 0.15) is 17.3 Å². The van der Waals surface area contributed by atoms with Crippen LogP contribution in [0.4, 0.5) is 10.3 Å². The van der Waals surface area contributed by atoms with E-state index in [9.17, 15) is 14.0 Å². The fourth-order valence-electron chi connectivity index (χ4n) is 2.39. The Bertz CT molecular complexity index is 766. The maximum absolute atomic E-state index is 13.5. The Morgan fingerprint density at radius 1 is 1.38 bits per heavy atom. The van der Waals surface area contributed by atoms with Gasteiger partial charge in [0.15, 0.2) is 5.78 Å². The van der Waals surface area contributed by atoms with Gasteiger partial charge < -0.3 is 9.64 Å².